The average Bonchev–Trinajstić information content (AvgIpc) is 2.59. The molecule has 0 radical (unpaired) electrons. The highest BCUT2D eigenvalue weighted by atomic mass is 16.5. The molecule has 4 nitrogen and oxygen atoms in total. The Morgan fingerprint density at radius 1 is 0.958 bits per heavy atom. The number of esters is 1. The summed E-state index contributed by atoms with van der Waals surface area (Å²) in [4.78, 5) is 11.7. The molecule has 0 aliphatic heterocycles. The lowest BCUT2D eigenvalue weighted by molar-refractivity contribution is -0.147. The summed E-state index contributed by atoms with van der Waals surface area (Å²) in [6, 6.07) is 15.2. The van der Waals surface area contributed by atoms with E-state index >= 15 is 0 Å². The van der Waals surface area contributed by atoms with Gasteiger partial charge in [-0.2, -0.15) is 0 Å². The van der Waals surface area contributed by atoms with Crippen LogP contribution in [0.4, 0.5) is 0 Å². The molecule has 1 unspecified atom stereocenters. The normalized spacial score (nSPS) is 12.0. The van der Waals surface area contributed by atoms with Crippen molar-refractivity contribution < 1.29 is 14.3 Å². The van der Waals surface area contributed by atoms with Crippen LogP contribution in [-0.2, 0) is 22.7 Å². The third-order valence-corrected chi connectivity index (χ3v) is 3.82. The van der Waals surface area contributed by atoms with Crippen molar-refractivity contribution in [3.63, 3.8) is 0 Å². The first-order valence-corrected chi connectivity index (χ1v) is 8.15. The van der Waals surface area contributed by atoms with Gasteiger partial charge in [0, 0.05) is 0 Å². The zero-order valence-electron chi connectivity index (χ0n) is 14.5. The van der Waals surface area contributed by atoms with Crippen LogP contribution in [0.1, 0.15) is 30.5 Å². The molecule has 0 spiro atoms. The molecule has 2 N–H and O–H groups in total. The quantitative estimate of drug-likeness (QED) is 0.789. The smallest absolute Gasteiger partial charge is 0.323 e. The molecule has 2 aromatic carbocycles. The van der Waals surface area contributed by atoms with E-state index in [1.54, 1.807) is 0 Å². The summed E-state index contributed by atoms with van der Waals surface area (Å²) in [5.41, 5.74) is 9.02. The molecule has 0 amide bonds. The fourth-order valence-corrected chi connectivity index (χ4v) is 2.06. The highest BCUT2D eigenvalue weighted by Gasteiger charge is 2.18. The number of ether oxygens (including phenoxy) is 2. The zero-order valence-corrected chi connectivity index (χ0v) is 14.5. The summed E-state index contributed by atoms with van der Waals surface area (Å²) in [5, 5.41) is 0. The Balaban J connectivity index is 1.82. The van der Waals surface area contributed by atoms with Gasteiger partial charge in [0.05, 0.1) is 0 Å². The second kappa shape index (κ2) is 8.50. The molecule has 0 saturated carbocycles. The van der Waals surface area contributed by atoms with Crippen LogP contribution < -0.4 is 10.5 Å². The molecule has 0 bridgehead atoms. The van der Waals surface area contributed by atoms with E-state index in [9.17, 15) is 4.79 Å². The second-order valence-electron chi connectivity index (χ2n) is 6.30. The SMILES string of the molecule is Cc1ccc(COc2ccc(COC(=O)C(N)C(C)C)cc2)cc1. The van der Waals surface area contributed by atoms with E-state index < -0.39 is 6.04 Å². The van der Waals surface area contributed by atoms with Gasteiger partial charge in [-0.25, -0.2) is 0 Å². The van der Waals surface area contributed by atoms with Crippen LogP contribution in [0.25, 0.3) is 0 Å². The Morgan fingerprint density at radius 3 is 2.08 bits per heavy atom. The van der Waals surface area contributed by atoms with Gasteiger partial charge >= 0.3 is 5.97 Å². The molecule has 0 fully saturated rings. The Hall–Kier alpha value is -2.33. The highest BCUT2D eigenvalue weighted by Crippen LogP contribution is 2.15. The maximum absolute atomic E-state index is 11.7. The molecule has 0 aromatic heterocycles. The molecule has 2 aromatic rings. The van der Waals surface area contributed by atoms with Crippen molar-refractivity contribution in [2.75, 3.05) is 0 Å². The van der Waals surface area contributed by atoms with Crippen LogP contribution in [0.2, 0.25) is 0 Å². The van der Waals surface area contributed by atoms with Crippen molar-refractivity contribution >= 4 is 5.97 Å². The van der Waals surface area contributed by atoms with Crippen molar-refractivity contribution in [2.45, 2.75) is 40.0 Å². The summed E-state index contributed by atoms with van der Waals surface area (Å²) in [6.45, 7) is 6.60. The van der Waals surface area contributed by atoms with Crippen molar-refractivity contribution in [2.24, 2.45) is 11.7 Å². The van der Waals surface area contributed by atoms with Gasteiger partial charge < -0.3 is 15.2 Å². The number of aryl methyl sites for hydroxylation is 1. The molecular weight excluding hydrogens is 302 g/mol. The van der Waals surface area contributed by atoms with Crippen LogP contribution >= 0.6 is 0 Å². The van der Waals surface area contributed by atoms with E-state index in [-0.39, 0.29) is 18.5 Å². The third kappa shape index (κ3) is 5.39. The summed E-state index contributed by atoms with van der Waals surface area (Å²) in [6.07, 6.45) is 0. The molecule has 2 rings (SSSR count). The number of hydrogen-bond acceptors (Lipinski definition) is 4. The van der Waals surface area contributed by atoms with E-state index in [1.807, 2.05) is 38.1 Å². The minimum Gasteiger partial charge on any atom is -0.489 e. The van der Waals surface area contributed by atoms with Gasteiger partial charge in [-0.05, 0) is 36.1 Å². The number of nitrogens with two attached hydrogens (primary N) is 1. The van der Waals surface area contributed by atoms with Crippen LogP contribution in [0.15, 0.2) is 48.5 Å². The largest absolute Gasteiger partial charge is 0.489 e. The lowest BCUT2D eigenvalue weighted by Crippen LogP contribution is -2.36. The molecule has 0 aliphatic rings. The summed E-state index contributed by atoms with van der Waals surface area (Å²) < 4.78 is 11.0. The molecule has 24 heavy (non-hydrogen) atoms. The van der Waals surface area contributed by atoms with Crippen LogP contribution in [0.5, 0.6) is 5.75 Å². The van der Waals surface area contributed by atoms with Gasteiger partial charge in [-0.15, -0.1) is 0 Å². The summed E-state index contributed by atoms with van der Waals surface area (Å²) in [7, 11) is 0. The third-order valence-electron chi connectivity index (χ3n) is 3.82. The van der Waals surface area contributed by atoms with Crippen LogP contribution in [0, 0.1) is 12.8 Å². The molecule has 4 heteroatoms. The molecule has 0 aliphatic carbocycles. The molecule has 0 heterocycles. The van der Waals surface area contributed by atoms with Gasteiger partial charge in [-0.3, -0.25) is 4.79 Å². The number of rotatable bonds is 7. The van der Waals surface area contributed by atoms with Gasteiger partial charge in [0.15, 0.2) is 0 Å². The Kier molecular flexibility index (Phi) is 6.38. The van der Waals surface area contributed by atoms with E-state index in [0.717, 1.165) is 16.9 Å². The molecule has 1 atom stereocenters. The zero-order chi connectivity index (χ0) is 17.5. The minimum absolute atomic E-state index is 0.0649. The van der Waals surface area contributed by atoms with Gasteiger partial charge in [0.25, 0.3) is 0 Å². The average molecular weight is 327 g/mol. The number of carbonyl (C=O) groups excluding carboxylic acids is 1. The first-order valence-electron chi connectivity index (χ1n) is 8.15. The summed E-state index contributed by atoms with van der Waals surface area (Å²) in [5.74, 6) is 0.476. The number of hydrogen-bond donors (Lipinski definition) is 1. The highest BCUT2D eigenvalue weighted by molar-refractivity contribution is 5.75. The predicted octanol–water partition coefficient (Wildman–Crippen LogP) is 3.60. The predicted molar refractivity (Wildman–Crippen MR) is 94.6 cm³/mol. The Bertz CT molecular complexity index is 648. The van der Waals surface area contributed by atoms with Crippen molar-refractivity contribution in [3.8, 4) is 5.75 Å². The van der Waals surface area contributed by atoms with Crippen molar-refractivity contribution in [1.82, 2.24) is 0 Å². The maximum atomic E-state index is 11.7. The van der Waals surface area contributed by atoms with E-state index in [1.165, 1.54) is 5.56 Å². The van der Waals surface area contributed by atoms with Crippen LogP contribution in [0.3, 0.4) is 0 Å². The van der Waals surface area contributed by atoms with E-state index in [2.05, 4.69) is 31.2 Å². The standard InChI is InChI=1S/C20H25NO3/c1-14(2)19(21)20(22)24-13-17-8-10-18(11-9-17)23-12-16-6-4-15(3)5-7-16/h4-11,14,19H,12-13,21H2,1-3H3. The number of benzene rings is 2. The Labute approximate surface area is 143 Å². The van der Waals surface area contributed by atoms with Gasteiger partial charge in [0.1, 0.15) is 25.0 Å². The first kappa shape index (κ1) is 18.0. The molecular formula is C20H25NO3. The number of carbonyl (C=O) groups is 1. The summed E-state index contributed by atoms with van der Waals surface area (Å²) >= 11 is 0. The van der Waals surface area contributed by atoms with E-state index in [0.29, 0.717) is 6.61 Å². The van der Waals surface area contributed by atoms with Gasteiger partial charge in [0.2, 0.25) is 0 Å². The monoisotopic (exact) mass is 327 g/mol. The fourth-order valence-electron chi connectivity index (χ4n) is 2.06. The fraction of sp³-hybridized carbons (Fsp3) is 0.350. The topological polar surface area (TPSA) is 61.5 Å². The van der Waals surface area contributed by atoms with Crippen molar-refractivity contribution in [1.29, 1.82) is 0 Å². The molecule has 128 valence electrons. The maximum Gasteiger partial charge on any atom is 0.323 e. The van der Waals surface area contributed by atoms with Crippen molar-refractivity contribution in [3.05, 3.63) is 65.2 Å². The lowest BCUT2D eigenvalue weighted by Gasteiger charge is -2.14. The van der Waals surface area contributed by atoms with Crippen LogP contribution in [-0.4, -0.2) is 12.0 Å². The van der Waals surface area contributed by atoms with E-state index in [4.69, 9.17) is 15.2 Å². The minimum atomic E-state index is -0.581. The first-order chi connectivity index (χ1) is 11.5. The second-order valence-corrected chi connectivity index (χ2v) is 6.30. The molecule has 0 saturated heterocycles. The van der Waals surface area contributed by atoms with Gasteiger partial charge in [-0.1, -0.05) is 55.8 Å². The lowest BCUT2D eigenvalue weighted by atomic mass is 10.1. The Morgan fingerprint density at radius 2 is 1.50 bits per heavy atom.